The standard InChI is InChI=1S/C21H33N3O/c1-4-21(5-2)17-19(22(3)20(21)25)11-12-23-13-15-24(16-14-23)18-9-7-6-8-10-18/h6-10,19H,4-5,11-17H2,1-3H3. The minimum atomic E-state index is -0.0918. The Balaban J connectivity index is 1.48. The van der Waals surface area contributed by atoms with E-state index in [2.05, 4.69) is 54.0 Å². The van der Waals surface area contributed by atoms with E-state index in [9.17, 15) is 4.79 Å². The van der Waals surface area contributed by atoms with Gasteiger partial charge in [0, 0.05) is 51.5 Å². The molecule has 1 unspecified atom stereocenters. The predicted octanol–water partition coefficient (Wildman–Crippen LogP) is 3.24. The SMILES string of the molecule is CCC1(CC)CC(CCN2CCN(c3ccccc3)CC2)N(C)C1=O. The number of anilines is 1. The van der Waals surface area contributed by atoms with Crippen LogP contribution in [0.4, 0.5) is 5.69 Å². The second-order valence-corrected chi connectivity index (χ2v) is 7.71. The zero-order valence-electron chi connectivity index (χ0n) is 16.1. The molecule has 3 rings (SSSR count). The summed E-state index contributed by atoms with van der Waals surface area (Å²) in [5, 5.41) is 0. The van der Waals surface area contributed by atoms with Gasteiger partial charge in [0.15, 0.2) is 0 Å². The molecule has 1 amide bonds. The number of nitrogens with zero attached hydrogens (tertiary/aromatic N) is 3. The number of likely N-dealkylation sites (tertiary alicyclic amines) is 1. The molecule has 0 spiro atoms. The normalized spacial score (nSPS) is 24.1. The Bertz CT molecular complexity index is 562. The van der Waals surface area contributed by atoms with E-state index in [1.54, 1.807) is 0 Å². The molecule has 1 aromatic carbocycles. The van der Waals surface area contributed by atoms with E-state index in [1.807, 2.05) is 11.9 Å². The molecule has 0 N–H and O–H groups in total. The lowest BCUT2D eigenvalue weighted by molar-refractivity contribution is -0.136. The first-order valence-electron chi connectivity index (χ1n) is 9.89. The van der Waals surface area contributed by atoms with Gasteiger partial charge in [-0.15, -0.1) is 0 Å². The zero-order valence-corrected chi connectivity index (χ0v) is 16.1. The highest BCUT2D eigenvalue weighted by Gasteiger charge is 2.47. The lowest BCUT2D eigenvalue weighted by Crippen LogP contribution is -2.47. The first kappa shape index (κ1) is 18.2. The van der Waals surface area contributed by atoms with E-state index in [1.165, 1.54) is 5.69 Å². The maximum absolute atomic E-state index is 12.7. The Hall–Kier alpha value is -1.55. The van der Waals surface area contributed by atoms with Crippen LogP contribution in [0, 0.1) is 5.41 Å². The summed E-state index contributed by atoms with van der Waals surface area (Å²) in [6.45, 7) is 9.86. The van der Waals surface area contributed by atoms with Gasteiger partial charge >= 0.3 is 0 Å². The number of hydrogen-bond acceptors (Lipinski definition) is 3. The predicted molar refractivity (Wildman–Crippen MR) is 104 cm³/mol. The number of piperazine rings is 1. The summed E-state index contributed by atoms with van der Waals surface area (Å²) in [6, 6.07) is 11.1. The molecule has 0 saturated carbocycles. The largest absolute Gasteiger partial charge is 0.369 e. The monoisotopic (exact) mass is 343 g/mol. The van der Waals surface area contributed by atoms with Crippen molar-refractivity contribution >= 4 is 11.6 Å². The summed E-state index contributed by atoms with van der Waals surface area (Å²) in [7, 11) is 2.01. The highest BCUT2D eigenvalue weighted by atomic mass is 16.2. The van der Waals surface area contributed by atoms with Crippen LogP contribution in [-0.2, 0) is 4.79 Å². The van der Waals surface area contributed by atoms with Crippen LogP contribution < -0.4 is 4.90 Å². The van der Waals surface area contributed by atoms with E-state index < -0.39 is 0 Å². The minimum Gasteiger partial charge on any atom is -0.369 e. The maximum atomic E-state index is 12.7. The van der Waals surface area contributed by atoms with Crippen molar-refractivity contribution in [1.29, 1.82) is 0 Å². The Kier molecular flexibility index (Phi) is 5.67. The van der Waals surface area contributed by atoms with Crippen LogP contribution in [0.2, 0.25) is 0 Å². The van der Waals surface area contributed by atoms with Gasteiger partial charge in [0.25, 0.3) is 0 Å². The van der Waals surface area contributed by atoms with Crippen LogP contribution in [0.5, 0.6) is 0 Å². The average molecular weight is 344 g/mol. The number of carbonyl (C=O) groups is 1. The summed E-state index contributed by atoms with van der Waals surface area (Å²) >= 11 is 0. The van der Waals surface area contributed by atoms with Gasteiger partial charge in [-0.3, -0.25) is 9.69 Å². The van der Waals surface area contributed by atoms with Crippen molar-refractivity contribution in [3.63, 3.8) is 0 Å². The molecule has 2 aliphatic heterocycles. The number of benzene rings is 1. The van der Waals surface area contributed by atoms with Crippen molar-refractivity contribution in [3.8, 4) is 0 Å². The van der Waals surface area contributed by atoms with Crippen LogP contribution in [0.1, 0.15) is 39.5 Å². The second kappa shape index (κ2) is 7.77. The fraction of sp³-hybridized carbons (Fsp3) is 0.667. The molecule has 25 heavy (non-hydrogen) atoms. The van der Waals surface area contributed by atoms with Gasteiger partial charge < -0.3 is 9.80 Å². The lowest BCUT2D eigenvalue weighted by Gasteiger charge is -2.36. The summed E-state index contributed by atoms with van der Waals surface area (Å²) in [4.78, 5) is 19.7. The second-order valence-electron chi connectivity index (χ2n) is 7.71. The number of hydrogen-bond donors (Lipinski definition) is 0. The molecule has 2 fully saturated rings. The summed E-state index contributed by atoms with van der Waals surface area (Å²) in [5.41, 5.74) is 1.24. The Morgan fingerprint density at radius 3 is 2.24 bits per heavy atom. The summed E-state index contributed by atoms with van der Waals surface area (Å²) < 4.78 is 0. The molecule has 2 aliphatic rings. The average Bonchev–Trinajstić information content (AvgIpc) is 2.92. The molecule has 2 heterocycles. The first-order valence-corrected chi connectivity index (χ1v) is 9.89. The maximum Gasteiger partial charge on any atom is 0.228 e. The zero-order chi connectivity index (χ0) is 17.9. The van der Waals surface area contributed by atoms with Crippen molar-refractivity contribution < 1.29 is 4.79 Å². The highest BCUT2D eigenvalue weighted by molar-refractivity contribution is 5.85. The molecule has 4 heteroatoms. The molecule has 1 atom stereocenters. The summed E-state index contributed by atoms with van der Waals surface area (Å²) in [5.74, 6) is 0.372. The topological polar surface area (TPSA) is 26.8 Å². The molecule has 1 aromatic rings. The van der Waals surface area contributed by atoms with Gasteiger partial charge in [-0.1, -0.05) is 32.0 Å². The third-order valence-electron chi connectivity index (χ3n) is 6.57. The van der Waals surface area contributed by atoms with Crippen molar-refractivity contribution in [2.75, 3.05) is 44.7 Å². The van der Waals surface area contributed by atoms with Crippen LogP contribution in [0.3, 0.4) is 0 Å². The fourth-order valence-corrected chi connectivity index (χ4v) is 4.55. The smallest absolute Gasteiger partial charge is 0.228 e. The van der Waals surface area contributed by atoms with E-state index in [0.29, 0.717) is 11.9 Å². The molecule has 0 bridgehead atoms. The number of carbonyl (C=O) groups excluding carboxylic acids is 1. The van der Waals surface area contributed by atoms with Gasteiger partial charge in [0.1, 0.15) is 0 Å². The minimum absolute atomic E-state index is 0.0918. The molecule has 4 nitrogen and oxygen atoms in total. The molecular formula is C21H33N3O. The van der Waals surface area contributed by atoms with Gasteiger partial charge in [-0.05, 0) is 37.8 Å². The number of amides is 1. The molecule has 0 aromatic heterocycles. The van der Waals surface area contributed by atoms with Crippen LogP contribution >= 0.6 is 0 Å². The molecule has 0 aliphatic carbocycles. The van der Waals surface area contributed by atoms with E-state index in [4.69, 9.17) is 0 Å². The van der Waals surface area contributed by atoms with Crippen molar-refractivity contribution in [2.24, 2.45) is 5.41 Å². The highest BCUT2D eigenvalue weighted by Crippen LogP contribution is 2.42. The van der Waals surface area contributed by atoms with Gasteiger partial charge in [0.2, 0.25) is 5.91 Å². The van der Waals surface area contributed by atoms with Crippen molar-refractivity contribution in [3.05, 3.63) is 30.3 Å². The van der Waals surface area contributed by atoms with Crippen LogP contribution in [0.15, 0.2) is 30.3 Å². The van der Waals surface area contributed by atoms with E-state index >= 15 is 0 Å². The fourth-order valence-electron chi connectivity index (χ4n) is 4.55. The first-order chi connectivity index (χ1) is 12.1. The van der Waals surface area contributed by atoms with Crippen molar-refractivity contribution in [1.82, 2.24) is 9.80 Å². The number of rotatable bonds is 6. The quantitative estimate of drug-likeness (QED) is 0.793. The van der Waals surface area contributed by atoms with Crippen LogP contribution in [-0.4, -0.2) is 61.5 Å². The molecule has 2 saturated heterocycles. The molecular weight excluding hydrogens is 310 g/mol. The Morgan fingerprint density at radius 2 is 1.68 bits per heavy atom. The van der Waals surface area contributed by atoms with E-state index in [0.717, 1.165) is 58.4 Å². The number of para-hydroxylation sites is 1. The lowest BCUT2D eigenvalue weighted by atomic mass is 9.79. The molecule has 138 valence electrons. The van der Waals surface area contributed by atoms with Gasteiger partial charge in [0.05, 0.1) is 5.41 Å². The third kappa shape index (κ3) is 3.69. The molecule has 0 radical (unpaired) electrons. The Morgan fingerprint density at radius 1 is 1.04 bits per heavy atom. The third-order valence-corrected chi connectivity index (χ3v) is 6.57. The summed E-state index contributed by atoms with van der Waals surface area (Å²) in [6.07, 6.45) is 4.09. The van der Waals surface area contributed by atoms with Gasteiger partial charge in [-0.25, -0.2) is 0 Å². The van der Waals surface area contributed by atoms with E-state index in [-0.39, 0.29) is 5.41 Å². The van der Waals surface area contributed by atoms with Gasteiger partial charge in [-0.2, -0.15) is 0 Å². The van der Waals surface area contributed by atoms with Crippen molar-refractivity contribution in [2.45, 2.75) is 45.6 Å². The Labute approximate surface area is 152 Å². The van der Waals surface area contributed by atoms with Crippen LogP contribution in [0.25, 0.3) is 0 Å².